The molecule has 0 unspecified atom stereocenters. The Morgan fingerprint density at radius 2 is 2.00 bits per heavy atom. The number of fused-ring (bicyclic) bond motifs is 1. The molecular formula is C22H27N5O. The summed E-state index contributed by atoms with van der Waals surface area (Å²) < 4.78 is 1.75. The molecule has 0 spiro atoms. The summed E-state index contributed by atoms with van der Waals surface area (Å²) >= 11 is 0. The highest BCUT2D eigenvalue weighted by molar-refractivity contribution is 5.94. The van der Waals surface area contributed by atoms with Crippen molar-refractivity contribution in [1.82, 2.24) is 19.9 Å². The molecule has 6 nitrogen and oxygen atoms in total. The van der Waals surface area contributed by atoms with E-state index in [0.29, 0.717) is 18.2 Å². The highest BCUT2D eigenvalue weighted by atomic mass is 16.1. The molecule has 2 aromatic heterocycles. The van der Waals surface area contributed by atoms with E-state index in [4.69, 9.17) is 0 Å². The van der Waals surface area contributed by atoms with Crippen LogP contribution in [0.3, 0.4) is 0 Å². The largest absolute Gasteiger partial charge is 0.371 e. The fourth-order valence-electron chi connectivity index (χ4n) is 4.00. The van der Waals surface area contributed by atoms with Crippen LogP contribution in [-0.2, 0) is 7.05 Å². The van der Waals surface area contributed by atoms with Gasteiger partial charge in [-0.05, 0) is 49.8 Å². The van der Waals surface area contributed by atoms with Crippen molar-refractivity contribution in [2.75, 3.05) is 24.5 Å². The highest BCUT2D eigenvalue weighted by Gasteiger charge is 2.22. The Labute approximate surface area is 165 Å². The maximum atomic E-state index is 12.3. The van der Waals surface area contributed by atoms with Crippen molar-refractivity contribution < 1.29 is 4.79 Å². The molecule has 1 fully saturated rings. The fraction of sp³-hybridized carbons (Fsp3) is 0.409. The number of imidazole rings is 1. The zero-order valence-electron chi connectivity index (χ0n) is 16.8. The Morgan fingerprint density at radius 1 is 1.21 bits per heavy atom. The van der Waals surface area contributed by atoms with Gasteiger partial charge in [0.15, 0.2) is 0 Å². The lowest BCUT2D eigenvalue weighted by Gasteiger charge is -2.34. The Bertz CT molecular complexity index is 1000. The smallest absolute Gasteiger partial charge is 0.269 e. The molecule has 1 aromatic carbocycles. The molecular weight excluding hydrogens is 350 g/mol. The van der Waals surface area contributed by atoms with E-state index >= 15 is 0 Å². The quantitative estimate of drug-likeness (QED) is 0.758. The van der Waals surface area contributed by atoms with E-state index in [9.17, 15) is 4.79 Å². The normalized spacial score (nSPS) is 15.2. The van der Waals surface area contributed by atoms with Crippen LogP contribution in [0.5, 0.6) is 0 Å². The number of amides is 1. The van der Waals surface area contributed by atoms with Gasteiger partial charge < -0.3 is 14.8 Å². The van der Waals surface area contributed by atoms with E-state index in [2.05, 4.69) is 52.2 Å². The van der Waals surface area contributed by atoms with E-state index in [1.54, 1.807) is 17.1 Å². The number of carbonyl (C=O) groups excluding carboxylic acids is 1. The van der Waals surface area contributed by atoms with Gasteiger partial charge in [0, 0.05) is 44.0 Å². The lowest BCUT2D eigenvalue weighted by molar-refractivity contribution is 0.0936. The summed E-state index contributed by atoms with van der Waals surface area (Å²) in [5.41, 5.74) is 5.51. The van der Waals surface area contributed by atoms with Gasteiger partial charge in [0.2, 0.25) is 0 Å². The van der Waals surface area contributed by atoms with Crippen LogP contribution in [0.25, 0.3) is 10.9 Å². The number of piperidine rings is 1. The first kappa shape index (κ1) is 18.5. The zero-order chi connectivity index (χ0) is 19.7. The van der Waals surface area contributed by atoms with Crippen LogP contribution < -0.4 is 10.2 Å². The van der Waals surface area contributed by atoms with Gasteiger partial charge in [-0.15, -0.1) is 0 Å². The maximum Gasteiger partial charge on any atom is 0.269 e. The number of aromatic nitrogens is 3. The van der Waals surface area contributed by atoms with Crippen molar-refractivity contribution in [2.45, 2.75) is 26.7 Å². The minimum atomic E-state index is -0.0478. The minimum Gasteiger partial charge on any atom is -0.371 e. The molecule has 0 radical (unpaired) electrons. The van der Waals surface area contributed by atoms with Gasteiger partial charge in [0.1, 0.15) is 5.69 Å². The number of hydrogen-bond acceptors (Lipinski definition) is 4. The standard InChI is InChI=1S/C22H27N5O/c1-15-4-5-18-19(6-9-24-21(18)16(15)2)27-10-7-17(8-11-27)12-25-22(28)20-13-23-14-26(20)3/h4-6,9,13-14,17H,7-8,10-12H2,1-3H3,(H,25,28). The summed E-state index contributed by atoms with van der Waals surface area (Å²) in [6, 6.07) is 6.51. The second-order valence-electron chi connectivity index (χ2n) is 7.76. The number of carbonyl (C=O) groups is 1. The van der Waals surface area contributed by atoms with Crippen molar-refractivity contribution >= 4 is 22.5 Å². The van der Waals surface area contributed by atoms with Crippen LogP contribution in [0.4, 0.5) is 5.69 Å². The molecule has 0 atom stereocenters. The van der Waals surface area contributed by atoms with Gasteiger partial charge in [-0.1, -0.05) is 12.1 Å². The highest BCUT2D eigenvalue weighted by Crippen LogP contribution is 2.31. The molecule has 146 valence electrons. The molecule has 0 aliphatic carbocycles. The number of hydrogen-bond donors (Lipinski definition) is 1. The third kappa shape index (κ3) is 3.46. The number of rotatable bonds is 4. The fourth-order valence-corrected chi connectivity index (χ4v) is 4.00. The maximum absolute atomic E-state index is 12.3. The van der Waals surface area contributed by atoms with E-state index in [-0.39, 0.29) is 5.91 Å². The topological polar surface area (TPSA) is 63.1 Å². The van der Waals surface area contributed by atoms with Gasteiger partial charge in [-0.25, -0.2) is 4.98 Å². The van der Waals surface area contributed by atoms with Gasteiger partial charge in [-0.2, -0.15) is 0 Å². The SMILES string of the molecule is Cc1ccc2c(N3CCC(CNC(=O)c4cncn4C)CC3)ccnc2c1C. The summed E-state index contributed by atoms with van der Waals surface area (Å²) in [4.78, 5) is 23.3. The number of anilines is 1. The minimum absolute atomic E-state index is 0.0478. The van der Waals surface area contributed by atoms with E-state index < -0.39 is 0 Å². The van der Waals surface area contributed by atoms with Crippen LogP contribution in [0, 0.1) is 19.8 Å². The average Bonchev–Trinajstić information content (AvgIpc) is 3.15. The second kappa shape index (κ2) is 7.62. The van der Waals surface area contributed by atoms with Crippen LogP contribution in [0.2, 0.25) is 0 Å². The molecule has 1 amide bonds. The van der Waals surface area contributed by atoms with Gasteiger partial charge in [0.05, 0.1) is 18.0 Å². The molecule has 3 heterocycles. The molecule has 0 saturated carbocycles. The van der Waals surface area contributed by atoms with Crippen molar-refractivity contribution in [3.8, 4) is 0 Å². The van der Waals surface area contributed by atoms with E-state index in [0.717, 1.165) is 31.4 Å². The molecule has 1 aliphatic rings. The first-order valence-electron chi connectivity index (χ1n) is 9.89. The monoisotopic (exact) mass is 377 g/mol. The first-order valence-corrected chi connectivity index (χ1v) is 9.89. The Balaban J connectivity index is 1.39. The van der Waals surface area contributed by atoms with Gasteiger partial charge in [-0.3, -0.25) is 9.78 Å². The summed E-state index contributed by atoms with van der Waals surface area (Å²) in [7, 11) is 1.84. The van der Waals surface area contributed by atoms with Crippen molar-refractivity contribution in [3.05, 3.63) is 53.7 Å². The lowest BCUT2D eigenvalue weighted by Crippen LogP contribution is -2.39. The molecule has 4 rings (SSSR count). The third-order valence-electron chi connectivity index (χ3n) is 5.97. The first-order chi connectivity index (χ1) is 13.5. The van der Waals surface area contributed by atoms with E-state index in [1.807, 2.05) is 13.2 Å². The van der Waals surface area contributed by atoms with Crippen molar-refractivity contribution in [1.29, 1.82) is 0 Å². The molecule has 1 aliphatic heterocycles. The molecule has 6 heteroatoms. The Hall–Kier alpha value is -2.89. The predicted octanol–water partition coefficient (Wildman–Crippen LogP) is 3.23. The van der Waals surface area contributed by atoms with Crippen LogP contribution in [0.1, 0.15) is 34.5 Å². The summed E-state index contributed by atoms with van der Waals surface area (Å²) in [6.07, 6.45) is 7.32. The van der Waals surface area contributed by atoms with Crippen LogP contribution in [0.15, 0.2) is 36.9 Å². The zero-order valence-corrected chi connectivity index (χ0v) is 16.8. The molecule has 28 heavy (non-hydrogen) atoms. The number of aryl methyl sites for hydroxylation is 3. The summed E-state index contributed by atoms with van der Waals surface area (Å²) in [6.45, 7) is 6.99. The number of nitrogens with zero attached hydrogens (tertiary/aromatic N) is 4. The Morgan fingerprint density at radius 3 is 2.71 bits per heavy atom. The Kier molecular flexibility index (Phi) is 5.03. The molecule has 1 saturated heterocycles. The molecule has 0 bridgehead atoms. The average molecular weight is 377 g/mol. The predicted molar refractivity (Wildman–Crippen MR) is 112 cm³/mol. The van der Waals surface area contributed by atoms with Crippen molar-refractivity contribution in [3.63, 3.8) is 0 Å². The number of benzene rings is 1. The summed E-state index contributed by atoms with van der Waals surface area (Å²) in [5.74, 6) is 0.457. The second-order valence-corrected chi connectivity index (χ2v) is 7.76. The molecule has 3 aromatic rings. The van der Waals surface area contributed by atoms with Crippen LogP contribution >= 0.6 is 0 Å². The third-order valence-corrected chi connectivity index (χ3v) is 5.97. The number of pyridine rings is 1. The number of nitrogens with one attached hydrogen (secondary N) is 1. The van der Waals surface area contributed by atoms with Crippen LogP contribution in [-0.4, -0.2) is 40.1 Å². The van der Waals surface area contributed by atoms with E-state index in [1.165, 1.54) is 22.2 Å². The summed E-state index contributed by atoms with van der Waals surface area (Å²) in [5, 5.41) is 4.30. The van der Waals surface area contributed by atoms with Crippen molar-refractivity contribution in [2.24, 2.45) is 13.0 Å². The molecule has 1 N–H and O–H groups in total. The van der Waals surface area contributed by atoms with Gasteiger partial charge in [0.25, 0.3) is 5.91 Å². The lowest BCUT2D eigenvalue weighted by atomic mass is 9.95. The van der Waals surface area contributed by atoms with Gasteiger partial charge >= 0.3 is 0 Å².